The maximum atomic E-state index is 11.9. The van der Waals surface area contributed by atoms with Crippen molar-refractivity contribution in [1.82, 2.24) is 4.90 Å². The van der Waals surface area contributed by atoms with Crippen LogP contribution < -0.4 is 0 Å². The summed E-state index contributed by atoms with van der Waals surface area (Å²) in [6, 6.07) is 0. The summed E-state index contributed by atoms with van der Waals surface area (Å²) in [5, 5.41) is 0. The van der Waals surface area contributed by atoms with Crippen molar-refractivity contribution < 1.29 is 8.42 Å². The molecule has 0 atom stereocenters. The predicted molar refractivity (Wildman–Crippen MR) is 54.6 cm³/mol. The molecule has 0 bridgehead atoms. The van der Waals surface area contributed by atoms with Crippen LogP contribution in [0.25, 0.3) is 0 Å². The SMILES string of the molecule is CCC1(CC)CN(C)CCS1(=O)=O. The van der Waals surface area contributed by atoms with Gasteiger partial charge in [-0.15, -0.1) is 0 Å². The molecular formula is C9H19NO2S. The summed E-state index contributed by atoms with van der Waals surface area (Å²) in [7, 11) is -0.865. The van der Waals surface area contributed by atoms with E-state index in [2.05, 4.69) is 4.90 Å². The molecule has 4 heteroatoms. The summed E-state index contributed by atoms with van der Waals surface area (Å²) < 4.78 is 23.3. The number of rotatable bonds is 2. The van der Waals surface area contributed by atoms with E-state index in [4.69, 9.17) is 0 Å². The van der Waals surface area contributed by atoms with Gasteiger partial charge in [0.1, 0.15) is 0 Å². The Balaban J connectivity index is 3.01. The van der Waals surface area contributed by atoms with E-state index in [1.807, 2.05) is 20.9 Å². The zero-order chi connectivity index (χ0) is 10.1. The Hall–Kier alpha value is -0.0900. The van der Waals surface area contributed by atoms with Crippen molar-refractivity contribution in [2.75, 3.05) is 25.9 Å². The van der Waals surface area contributed by atoms with Gasteiger partial charge in [0.25, 0.3) is 0 Å². The molecule has 13 heavy (non-hydrogen) atoms. The Morgan fingerprint density at radius 1 is 1.31 bits per heavy atom. The average molecular weight is 205 g/mol. The second-order valence-electron chi connectivity index (χ2n) is 3.95. The van der Waals surface area contributed by atoms with E-state index in [1.54, 1.807) is 0 Å². The lowest BCUT2D eigenvalue weighted by Gasteiger charge is -2.39. The van der Waals surface area contributed by atoms with Crippen LogP contribution in [0.4, 0.5) is 0 Å². The zero-order valence-electron chi connectivity index (χ0n) is 8.71. The van der Waals surface area contributed by atoms with Gasteiger partial charge in [0.2, 0.25) is 0 Å². The van der Waals surface area contributed by atoms with E-state index < -0.39 is 14.6 Å². The van der Waals surface area contributed by atoms with E-state index >= 15 is 0 Å². The summed E-state index contributed by atoms with van der Waals surface area (Å²) in [5.41, 5.74) is 0. The second kappa shape index (κ2) is 3.58. The van der Waals surface area contributed by atoms with Gasteiger partial charge in [-0.3, -0.25) is 0 Å². The fourth-order valence-electron chi connectivity index (χ4n) is 2.08. The molecule has 3 nitrogen and oxygen atoms in total. The molecule has 0 spiro atoms. The third-order valence-electron chi connectivity index (χ3n) is 3.25. The van der Waals surface area contributed by atoms with Crippen LogP contribution in [-0.4, -0.2) is 44.0 Å². The van der Waals surface area contributed by atoms with Crippen molar-refractivity contribution in [1.29, 1.82) is 0 Å². The van der Waals surface area contributed by atoms with E-state index in [1.165, 1.54) is 0 Å². The first-order valence-corrected chi connectivity index (χ1v) is 6.53. The van der Waals surface area contributed by atoms with Crippen LogP contribution in [0, 0.1) is 0 Å². The van der Waals surface area contributed by atoms with Crippen LogP contribution in [0.5, 0.6) is 0 Å². The quantitative estimate of drug-likeness (QED) is 0.672. The van der Waals surface area contributed by atoms with Crippen LogP contribution in [0.1, 0.15) is 26.7 Å². The molecule has 1 rings (SSSR count). The highest BCUT2D eigenvalue weighted by Crippen LogP contribution is 2.30. The molecule has 78 valence electrons. The highest BCUT2D eigenvalue weighted by molar-refractivity contribution is 7.92. The number of hydrogen-bond donors (Lipinski definition) is 0. The molecule has 0 N–H and O–H groups in total. The first-order chi connectivity index (χ1) is 5.97. The highest BCUT2D eigenvalue weighted by atomic mass is 32.2. The van der Waals surface area contributed by atoms with Gasteiger partial charge in [0.05, 0.1) is 10.5 Å². The van der Waals surface area contributed by atoms with Crippen LogP contribution in [0.3, 0.4) is 0 Å². The Kier molecular flexibility index (Phi) is 3.02. The molecule has 0 aliphatic carbocycles. The van der Waals surface area contributed by atoms with Gasteiger partial charge in [-0.2, -0.15) is 0 Å². The largest absolute Gasteiger partial charge is 0.304 e. The van der Waals surface area contributed by atoms with Crippen molar-refractivity contribution in [2.45, 2.75) is 31.4 Å². The highest BCUT2D eigenvalue weighted by Gasteiger charge is 2.43. The van der Waals surface area contributed by atoms with Crippen molar-refractivity contribution in [3.05, 3.63) is 0 Å². The van der Waals surface area contributed by atoms with Crippen LogP contribution in [0.15, 0.2) is 0 Å². The first kappa shape index (κ1) is 11.0. The molecule has 0 saturated carbocycles. The predicted octanol–water partition coefficient (Wildman–Crippen LogP) is 0.905. The second-order valence-corrected chi connectivity index (χ2v) is 6.45. The summed E-state index contributed by atoms with van der Waals surface area (Å²) in [6.07, 6.45) is 1.46. The third kappa shape index (κ3) is 1.74. The normalized spacial score (nSPS) is 27.3. The number of sulfone groups is 1. The van der Waals surface area contributed by atoms with Gasteiger partial charge in [-0.25, -0.2) is 8.42 Å². The lowest BCUT2D eigenvalue weighted by Crippen LogP contribution is -2.54. The Bertz CT molecular complexity index is 267. The fourth-order valence-corrected chi connectivity index (χ4v) is 4.36. The van der Waals surface area contributed by atoms with Gasteiger partial charge < -0.3 is 4.90 Å². The molecular weight excluding hydrogens is 186 g/mol. The fraction of sp³-hybridized carbons (Fsp3) is 1.00. The van der Waals surface area contributed by atoms with Gasteiger partial charge in [0, 0.05) is 13.1 Å². The lowest BCUT2D eigenvalue weighted by molar-refractivity contribution is 0.272. The minimum atomic E-state index is -2.86. The summed E-state index contributed by atoms with van der Waals surface area (Å²) in [5.74, 6) is 0.325. The Morgan fingerprint density at radius 2 is 1.85 bits per heavy atom. The van der Waals surface area contributed by atoms with Gasteiger partial charge in [-0.1, -0.05) is 13.8 Å². The average Bonchev–Trinajstić information content (AvgIpc) is 2.09. The molecule has 0 aromatic carbocycles. The molecule has 1 aliphatic rings. The van der Waals surface area contributed by atoms with E-state index in [0.717, 1.165) is 12.8 Å². The van der Waals surface area contributed by atoms with Crippen molar-refractivity contribution in [2.24, 2.45) is 0 Å². The molecule has 1 aliphatic heterocycles. The summed E-state index contributed by atoms with van der Waals surface area (Å²) in [4.78, 5) is 2.12. The molecule has 0 aromatic rings. The Labute approximate surface area is 81.0 Å². The minimum absolute atomic E-state index is 0.325. The molecule has 0 radical (unpaired) electrons. The van der Waals surface area contributed by atoms with E-state index in [0.29, 0.717) is 18.8 Å². The van der Waals surface area contributed by atoms with Crippen LogP contribution in [0.2, 0.25) is 0 Å². The molecule has 0 amide bonds. The topological polar surface area (TPSA) is 37.4 Å². The smallest absolute Gasteiger partial charge is 0.158 e. The first-order valence-electron chi connectivity index (χ1n) is 4.88. The Morgan fingerprint density at radius 3 is 2.23 bits per heavy atom. The molecule has 1 heterocycles. The van der Waals surface area contributed by atoms with Crippen LogP contribution in [-0.2, 0) is 9.84 Å². The molecule has 0 unspecified atom stereocenters. The van der Waals surface area contributed by atoms with E-state index in [-0.39, 0.29) is 0 Å². The molecule has 1 saturated heterocycles. The van der Waals surface area contributed by atoms with Gasteiger partial charge in [-0.05, 0) is 19.9 Å². The zero-order valence-corrected chi connectivity index (χ0v) is 9.52. The standard InChI is InChI=1S/C9H19NO2S/c1-4-9(5-2)8-10(3)6-7-13(9,11)12/h4-8H2,1-3H3. The minimum Gasteiger partial charge on any atom is -0.304 e. The number of nitrogens with zero attached hydrogens (tertiary/aromatic N) is 1. The van der Waals surface area contributed by atoms with Crippen molar-refractivity contribution >= 4 is 9.84 Å². The summed E-state index contributed by atoms with van der Waals surface area (Å²) >= 11 is 0. The van der Waals surface area contributed by atoms with Gasteiger partial charge in [0.15, 0.2) is 9.84 Å². The van der Waals surface area contributed by atoms with Crippen LogP contribution >= 0.6 is 0 Å². The number of hydrogen-bond acceptors (Lipinski definition) is 3. The molecule has 0 aromatic heterocycles. The molecule has 1 fully saturated rings. The summed E-state index contributed by atoms with van der Waals surface area (Å²) in [6.45, 7) is 5.33. The van der Waals surface area contributed by atoms with E-state index in [9.17, 15) is 8.42 Å². The third-order valence-corrected chi connectivity index (χ3v) is 5.99. The van der Waals surface area contributed by atoms with Gasteiger partial charge >= 0.3 is 0 Å². The maximum absolute atomic E-state index is 11.9. The lowest BCUT2D eigenvalue weighted by atomic mass is 10.0. The maximum Gasteiger partial charge on any atom is 0.158 e. The monoisotopic (exact) mass is 205 g/mol. The van der Waals surface area contributed by atoms with Crippen molar-refractivity contribution in [3.63, 3.8) is 0 Å². The van der Waals surface area contributed by atoms with Crippen molar-refractivity contribution in [3.8, 4) is 0 Å².